The summed E-state index contributed by atoms with van der Waals surface area (Å²) < 4.78 is 5.41. The second kappa shape index (κ2) is 4.86. The average Bonchev–Trinajstić information content (AvgIpc) is 2.63. The molecule has 98 valence electrons. The molecule has 2 rings (SSSR count). The molecule has 1 fully saturated rings. The van der Waals surface area contributed by atoms with Gasteiger partial charge in [-0.3, -0.25) is 4.90 Å². The predicted octanol–water partition coefficient (Wildman–Crippen LogP) is 1.85. The van der Waals surface area contributed by atoms with Gasteiger partial charge < -0.3 is 15.6 Å². The number of hydrogen-bond acceptors (Lipinski definition) is 4. The van der Waals surface area contributed by atoms with Gasteiger partial charge in [0, 0.05) is 6.07 Å². The number of carbonyl (C=O) groups is 1. The van der Waals surface area contributed by atoms with Crippen LogP contribution in [0, 0.1) is 0 Å². The van der Waals surface area contributed by atoms with Crippen molar-refractivity contribution in [2.75, 3.05) is 18.0 Å². The Labute approximate surface area is 106 Å². The second-order valence-corrected chi connectivity index (χ2v) is 4.82. The summed E-state index contributed by atoms with van der Waals surface area (Å²) in [6.45, 7) is 2.97. The van der Waals surface area contributed by atoms with Crippen LogP contribution in [-0.4, -0.2) is 29.9 Å². The zero-order valence-electron chi connectivity index (χ0n) is 10.4. The van der Waals surface area contributed by atoms with E-state index in [0.717, 1.165) is 12.8 Å². The third-order valence-corrected chi connectivity index (χ3v) is 3.10. The zero-order chi connectivity index (χ0) is 13.2. The predicted molar refractivity (Wildman–Crippen MR) is 68.6 cm³/mol. The molecule has 0 aromatic heterocycles. The summed E-state index contributed by atoms with van der Waals surface area (Å²) in [6, 6.07) is 6.59. The van der Waals surface area contributed by atoms with Gasteiger partial charge in [0.25, 0.3) is 0 Å². The Bertz CT molecular complexity index is 450. The normalized spacial score (nSPS) is 23.2. The maximum atomic E-state index is 11.9. The molecule has 1 aliphatic heterocycles. The summed E-state index contributed by atoms with van der Waals surface area (Å²) in [4.78, 5) is 13.4. The van der Waals surface area contributed by atoms with Gasteiger partial charge in [-0.05, 0) is 38.4 Å². The average molecular weight is 250 g/mol. The molecule has 1 aromatic carbocycles. The number of phenolic OH excluding ortho intramolecular Hbond substituents is 1. The van der Waals surface area contributed by atoms with E-state index in [0.29, 0.717) is 18.8 Å². The monoisotopic (exact) mass is 250 g/mol. The van der Waals surface area contributed by atoms with E-state index in [2.05, 4.69) is 0 Å². The molecule has 0 spiro atoms. The molecule has 1 aliphatic rings. The first-order valence-corrected chi connectivity index (χ1v) is 6.04. The third kappa shape index (κ3) is 2.56. The van der Waals surface area contributed by atoms with Crippen molar-refractivity contribution in [3.05, 3.63) is 24.3 Å². The molecule has 0 aliphatic carbocycles. The van der Waals surface area contributed by atoms with Gasteiger partial charge in [0.05, 0.1) is 12.2 Å². The Morgan fingerprint density at radius 3 is 3.00 bits per heavy atom. The van der Waals surface area contributed by atoms with Gasteiger partial charge >= 0.3 is 6.09 Å². The molecular formula is C13H18N2O3. The molecule has 0 saturated carbocycles. The summed E-state index contributed by atoms with van der Waals surface area (Å²) >= 11 is 0. The number of phenols is 1. The number of nitrogens with two attached hydrogens (primary N) is 1. The molecule has 3 N–H and O–H groups in total. The minimum Gasteiger partial charge on any atom is -0.508 e. The van der Waals surface area contributed by atoms with Crippen LogP contribution in [0.3, 0.4) is 0 Å². The quantitative estimate of drug-likeness (QED) is 0.855. The van der Waals surface area contributed by atoms with Crippen LogP contribution in [0.1, 0.15) is 19.8 Å². The molecule has 5 nitrogen and oxygen atoms in total. The second-order valence-electron chi connectivity index (χ2n) is 4.82. The minimum absolute atomic E-state index is 0.135. The van der Waals surface area contributed by atoms with Crippen molar-refractivity contribution < 1.29 is 14.6 Å². The lowest BCUT2D eigenvalue weighted by Gasteiger charge is -2.21. The van der Waals surface area contributed by atoms with E-state index >= 15 is 0 Å². The highest BCUT2D eigenvalue weighted by molar-refractivity contribution is 5.90. The zero-order valence-corrected chi connectivity index (χ0v) is 10.4. The van der Waals surface area contributed by atoms with Crippen molar-refractivity contribution in [3.8, 4) is 5.75 Å². The van der Waals surface area contributed by atoms with Gasteiger partial charge in [-0.25, -0.2) is 4.79 Å². The van der Waals surface area contributed by atoms with E-state index in [-0.39, 0.29) is 11.8 Å². The molecular weight excluding hydrogens is 232 g/mol. The first kappa shape index (κ1) is 12.7. The molecule has 1 saturated heterocycles. The van der Waals surface area contributed by atoms with Gasteiger partial charge in [0.15, 0.2) is 0 Å². The van der Waals surface area contributed by atoms with E-state index in [4.69, 9.17) is 10.5 Å². The van der Waals surface area contributed by atoms with Crippen LogP contribution in [0.25, 0.3) is 0 Å². The topological polar surface area (TPSA) is 75.8 Å². The highest BCUT2D eigenvalue weighted by Crippen LogP contribution is 2.32. The molecule has 0 radical (unpaired) electrons. The van der Waals surface area contributed by atoms with Crippen molar-refractivity contribution in [2.24, 2.45) is 5.73 Å². The number of carbonyl (C=O) groups excluding carboxylic acids is 1. The Balaban J connectivity index is 2.14. The summed E-state index contributed by atoms with van der Waals surface area (Å²) in [5.74, 6) is 0.135. The van der Waals surface area contributed by atoms with Crippen LogP contribution >= 0.6 is 0 Å². The lowest BCUT2D eigenvalue weighted by Crippen LogP contribution is -2.31. The number of ether oxygens (including phenoxy) is 1. The van der Waals surface area contributed by atoms with Crippen LogP contribution in [0.4, 0.5) is 10.5 Å². The van der Waals surface area contributed by atoms with Crippen LogP contribution in [0.5, 0.6) is 5.75 Å². The molecule has 1 aromatic rings. The fraction of sp³-hybridized carbons (Fsp3) is 0.462. The van der Waals surface area contributed by atoms with Gasteiger partial charge in [0.1, 0.15) is 11.4 Å². The van der Waals surface area contributed by atoms with Crippen LogP contribution in [-0.2, 0) is 4.74 Å². The number of benzene rings is 1. The van der Waals surface area contributed by atoms with Crippen LogP contribution in [0.15, 0.2) is 24.3 Å². The number of cyclic esters (lactones) is 1. The molecule has 1 amide bonds. The SMILES string of the molecule is CC1(CCCN)CN(c2cccc(O)c2)C(=O)O1. The largest absolute Gasteiger partial charge is 0.508 e. The van der Waals surface area contributed by atoms with E-state index in [9.17, 15) is 9.90 Å². The summed E-state index contributed by atoms with van der Waals surface area (Å²) in [7, 11) is 0. The molecule has 5 heteroatoms. The van der Waals surface area contributed by atoms with Gasteiger partial charge in [-0.15, -0.1) is 0 Å². The Kier molecular flexibility index (Phi) is 3.43. The van der Waals surface area contributed by atoms with Gasteiger partial charge in [0.2, 0.25) is 0 Å². The summed E-state index contributed by atoms with van der Waals surface area (Å²) in [5, 5.41) is 9.44. The van der Waals surface area contributed by atoms with E-state index in [1.807, 2.05) is 6.92 Å². The molecule has 1 unspecified atom stereocenters. The maximum Gasteiger partial charge on any atom is 0.415 e. The minimum atomic E-state index is -0.498. The van der Waals surface area contributed by atoms with Crippen molar-refractivity contribution in [1.82, 2.24) is 0 Å². The Morgan fingerprint density at radius 1 is 1.56 bits per heavy atom. The van der Waals surface area contributed by atoms with Crippen molar-refractivity contribution in [2.45, 2.75) is 25.4 Å². The number of nitrogens with zero attached hydrogens (tertiary/aromatic N) is 1. The Hall–Kier alpha value is -1.75. The maximum absolute atomic E-state index is 11.9. The number of anilines is 1. The molecule has 0 bridgehead atoms. The third-order valence-electron chi connectivity index (χ3n) is 3.10. The summed E-state index contributed by atoms with van der Waals surface area (Å²) in [5.41, 5.74) is 5.63. The van der Waals surface area contributed by atoms with Crippen molar-refractivity contribution in [1.29, 1.82) is 0 Å². The lowest BCUT2D eigenvalue weighted by molar-refractivity contribution is 0.0640. The highest BCUT2D eigenvalue weighted by atomic mass is 16.6. The van der Waals surface area contributed by atoms with Gasteiger partial charge in [-0.1, -0.05) is 6.07 Å². The van der Waals surface area contributed by atoms with E-state index in [1.165, 1.54) is 4.90 Å². The summed E-state index contributed by atoms with van der Waals surface area (Å²) in [6.07, 6.45) is 1.18. The lowest BCUT2D eigenvalue weighted by atomic mass is 10.00. The van der Waals surface area contributed by atoms with Crippen molar-refractivity contribution >= 4 is 11.8 Å². The van der Waals surface area contributed by atoms with Crippen LogP contribution in [0.2, 0.25) is 0 Å². The fourth-order valence-corrected chi connectivity index (χ4v) is 2.16. The fourth-order valence-electron chi connectivity index (χ4n) is 2.16. The van der Waals surface area contributed by atoms with E-state index in [1.54, 1.807) is 24.3 Å². The van der Waals surface area contributed by atoms with E-state index < -0.39 is 5.60 Å². The highest BCUT2D eigenvalue weighted by Gasteiger charge is 2.41. The standard InChI is InChI=1S/C13H18N2O3/c1-13(6-3-7-14)9-15(12(17)18-13)10-4-2-5-11(16)8-10/h2,4-5,8,16H,3,6-7,9,14H2,1H3. The van der Waals surface area contributed by atoms with Crippen LogP contribution < -0.4 is 10.6 Å². The first-order chi connectivity index (χ1) is 8.54. The van der Waals surface area contributed by atoms with Gasteiger partial charge in [-0.2, -0.15) is 0 Å². The first-order valence-electron chi connectivity index (χ1n) is 6.04. The smallest absolute Gasteiger partial charge is 0.415 e. The number of amides is 1. The molecule has 18 heavy (non-hydrogen) atoms. The number of aromatic hydroxyl groups is 1. The number of rotatable bonds is 4. The Morgan fingerprint density at radius 2 is 2.33 bits per heavy atom. The number of hydrogen-bond donors (Lipinski definition) is 2. The molecule has 1 atom stereocenters. The van der Waals surface area contributed by atoms with Crippen molar-refractivity contribution in [3.63, 3.8) is 0 Å². The molecule has 1 heterocycles.